The van der Waals surface area contributed by atoms with Crippen LogP contribution < -0.4 is 5.32 Å². The lowest BCUT2D eigenvalue weighted by molar-refractivity contribution is -0.0295. The Morgan fingerprint density at radius 3 is 2.60 bits per heavy atom. The molecule has 0 bridgehead atoms. The van der Waals surface area contributed by atoms with E-state index in [1.54, 1.807) is 0 Å². The molecule has 0 aromatic heterocycles. The smallest absolute Gasteiger partial charge is 0.317 e. The van der Waals surface area contributed by atoms with E-state index < -0.39 is 0 Å². The van der Waals surface area contributed by atoms with Crippen LogP contribution in [0, 0.1) is 12.3 Å². The number of nitrogens with zero attached hydrogens (tertiary/aromatic N) is 1. The third-order valence-electron chi connectivity index (χ3n) is 5.47. The molecule has 5 nitrogen and oxygen atoms in total. The van der Waals surface area contributed by atoms with E-state index in [-0.39, 0.29) is 17.5 Å². The first kappa shape index (κ1) is 18.2. The number of hydrogen-bond acceptors (Lipinski definition) is 3. The zero-order valence-corrected chi connectivity index (χ0v) is 15.4. The second kappa shape index (κ2) is 8.19. The quantitative estimate of drug-likeness (QED) is 0.914. The van der Waals surface area contributed by atoms with Gasteiger partial charge in [-0.3, -0.25) is 0 Å². The third-order valence-corrected chi connectivity index (χ3v) is 5.47. The highest BCUT2D eigenvalue weighted by atomic mass is 16.5. The van der Waals surface area contributed by atoms with Crippen molar-refractivity contribution in [1.29, 1.82) is 0 Å². The summed E-state index contributed by atoms with van der Waals surface area (Å²) in [6.45, 7) is 8.46. The van der Waals surface area contributed by atoms with Crippen LogP contribution in [0.4, 0.5) is 4.79 Å². The number of benzene rings is 1. The van der Waals surface area contributed by atoms with Crippen molar-refractivity contribution in [3.63, 3.8) is 0 Å². The number of nitrogens with one attached hydrogen (secondary N) is 1. The number of carbonyl (C=O) groups is 1. The molecule has 25 heavy (non-hydrogen) atoms. The summed E-state index contributed by atoms with van der Waals surface area (Å²) in [6, 6.07) is 8.47. The van der Waals surface area contributed by atoms with Crippen LogP contribution in [0.3, 0.4) is 0 Å². The van der Waals surface area contributed by atoms with Crippen LogP contribution >= 0.6 is 0 Å². The molecule has 1 aromatic rings. The topological polar surface area (TPSA) is 50.8 Å². The molecule has 1 spiro atoms. The molecule has 0 radical (unpaired) electrons. The van der Waals surface area contributed by atoms with Crippen LogP contribution in [0.15, 0.2) is 24.3 Å². The maximum Gasteiger partial charge on any atom is 0.317 e. The highest BCUT2D eigenvalue weighted by Gasteiger charge is 2.38. The lowest BCUT2D eigenvalue weighted by Crippen LogP contribution is -2.48. The van der Waals surface area contributed by atoms with E-state index in [4.69, 9.17) is 9.47 Å². The second-order valence-electron chi connectivity index (χ2n) is 7.41. The highest BCUT2D eigenvalue weighted by Crippen LogP contribution is 2.33. The minimum Gasteiger partial charge on any atom is -0.381 e. The molecule has 0 saturated carbocycles. The van der Waals surface area contributed by atoms with Crippen molar-refractivity contribution >= 4 is 6.03 Å². The van der Waals surface area contributed by atoms with Crippen LogP contribution in [0.25, 0.3) is 0 Å². The Morgan fingerprint density at radius 2 is 1.92 bits per heavy atom. The Hall–Kier alpha value is -1.59. The van der Waals surface area contributed by atoms with Crippen molar-refractivity contribution in [1.82, 2.24) is 10.2 Å². The lowest BCUT2D eigenvalue weighted by atomic mass is 9.80. The summed E-state index contributed by atoms with van der Waals surface area (Å²) < 4.78 is 11.3. The summed E-state index contributed by atoms with van der Waals surface area (Å²) >= 11 is 0. The normalized spacial score (nSPS) is 21.6. The van der Waals surface area contributed by atoms with Gasteiger partial charge in [-0.05, 0) is 31.7 Å². The zero-order chi connectivity index (χ0) is 17.7. The Bertz CT molecular complexity index is 567. The minimum atomic E-state index is 0.0174. The van der Waals surface area contributed by atoms with Crippen molar-refractivity contribution in [2.24, 2.45) is 5.41 Å². The van der Waals surface area contributed by atoms with Gasteiger partial charge < -0.3 is 19.7 Å². The number of carbonyl (C=O) groups excluding carboxylic acids is 1. The lowest BCUT2D eigenvalue weighted by Gasteiger charge is -2.38. The van der Waals surface area contributed by atoms with Gasteiger partial charge in [-0.15, -0.1) is 0 Å². The van der Waals surface area contributed by atoms with Gasteiger partial charge in [0.25, 0.3) is 0 Å². The summed E-state index contributed by atoms with van der Waals surface area (Å²) in [5.74, 6) is 0. The molecule has 0 unspecified atom stereocenters. The Labute approximate surface area is 150 Å². The second-order valence-corrected chi connectivity index (χ2v) is 7.41. The molecular formula is C20H30N2O3. The monoisotopic (exact) mass is 346 g/mol. The highest BCUT2D eigenvalue weighted by molar-refractivity contribution is 5.75. The molecule has 2 saturated heterocycles. The number of urea groups is 1. The molecule has 2 heterocycles. The number of ether oxygens (including phenoxy) is 2. The van der Waals surface area contributed by atoms with E-state index in [9.17, 15) is 4.79 Å². The average molecular weight is 346 g/mol. The Morgan fingerprint density at radius 1 is 1.20 bits per heavy atom. The van der Waals surface area contributed by atoms with E-state index in [0.29, 0.717) is 13.2 Å². The van der Waals surface area contributed by atoms with Crippen molar-refractivity contribution in [3.8, 4) is 0 Å². The Kier molecular flexibility index (Phi) is 5.97. The predicted octanol–water partition coefficient (Wildman–Crippen LogP) is 3.28. The van der Waals surface area contributed by atoms with Gasteiger partial charge in [0, 0.05) is 31.7 Å². The zero-order valence-electron chi connectivity index (χ0n) is 15.4. The summed E-state index contributed by atoms with van der Waals surface area (Å²) in [6.07, 6.45) is 2.80. The van der Waals surface area contributed by atoms with Gasteiger partial charge in [0.05, 0.1) is 19.3 Å². The van der Waals surface area contributed by atoms with Crippen LogP contribution in [-0.2, 0) is 9.47 Å². The van der Waals surface area contributed by atoms with Crippen molar-refractivity contribution in [2.75, 3.05) is 39.5 Å². The van der Waals surface area contributed by atoms with Crippen molar-refractivity contribution < 1.29 is 14.3 Å². The van der Waals surface area contributed by atoms with Gasteiger partial charge in [0.15, 0.2) is 0 Å². The van der Waals surface area contributed by atoms with E-state index in [1.165, 1.54) is 5.56 Å². The number of aryl methyl sites for hydroxylation is 1. The van der Waals surface area contributed by atoms with E-state index in [1.807, 2.05) is 4.90 Å². The third kappa shape index (κ3) is 4.53. The van der Waals surface area contributed by atoms with Crippen LogP contribution in [0.2, 0.25) is 0 Å². The summed E-state index contributed by atoms with van der Waals surface area (Å²) in [7, 11) is 0. The molecule has 138 valence electrons. The van der Waals surface area contributed by atoms with E-state index >= 15 is 0 Å². The SMILES string of the molecule is CC[C@H](NC(=O)N1CCOCC2(CCOCC2)C1)c1ccc(C)cc1. The molecule has 2 amide bonds. The molecule has 2 aliphatic heterocycles. The fourth-order valence-corrected chi connectivity index (χ4v) is 3.73. The number of amides is 2. The fraction of sp³-hybridized carbons (Fsp3) is 0.650. The van der Waals surface area contributed by atoms with Crippen LogP contribution in [0.1, 0.15) is 43.4 Å². The molecule has 2 fully saturated rings. The van der Waals surface area contributed by atoms with Crippen LogP contribution in [0.5, 0.6) is 0 Å². The van der Waals surface area contributed by atoms with Gasteiger partial charge in [-0.25, -0.2) is 4.79 Å². The Balaban J connectivity index is 1.66. The minimum absolute atomic E-state index is 0.0174. The van der Waals surface area contributed by atoms with Gasteiger partial charge in [0.1, 0.15) is 0 Å². The molecule has 5 heteroatoms. The molecular weight excluding hydrogens is 316 g/mol. The summed E-state index contributed by atoms with van der Waals surface area (Å²) in [4.78, 5) is 14.9. The molecule has 2 aliphatic rings. The van der Waals surface area contributed by atoms with Gasteiger partial charge in [-0.1, -0.05) is 36.8 Å². The first-order valence-corrected chi connectivity index (χ1v) is 9.39. The van der Waals surface area contributed by atoms with E-state index in [0.717, 1.165) is 51.2 Å². The van der Waals surface area contributed by atoms with Gasteiger partial charge >= 0.3 is 6.03 Å². The average Bonchev–Trinajstić information content (AvgIpc) is 2.84. The van der Waals surface area contributed by atoms with Crippen molar-refractivity contribution in [3.05, 3.63) is 35.4 Å². The van der Waals surface area contributed by atoms with Gasteiger partial charge in [-0.2, -0.15) is 0 Å². The standard InChI is InChI=1S/C20H30N2O3/c1-3-18(17-6-4-16(2)5-7-17)21-19(23)22-10-13-25-15-20(14-22)8-11-24-12-9-20/h4-7,18H,3,8-15H2,1-2H3,(H,21,23)/t18-/m0/s1. The van der Waals surface area contributed by atoms with Crippen molar-refractivity contribution in [2.45, 2.75) is 39.2 Å². The largest absolute Gasteiger partial charge is 0.381 e. The van der Waals surface area contributed by atoms with E-state index in [2.05, 4.69) is 43.4 Å². The van der Waals surface area contributed by atoms with Gasteiger partial charge in [0.2, 0.25) is 0 Å². The maximum absolute atomic E-state index is 12.9. The van der Waals surface area contributed by atoms with Crippen LogP contribution in [-0.4, -0.2) is 50.4 Å². The fourth-order valence-electron chi connectivity index (χ4n) is 3.73. The predicted molar refractivity (Wildman–Crippen MR) is 97.6 cm³/mol. The molecule has 1 aromatic carbocycles. The summed E-state index contributed by atoms with van der Waals surface area (Å²) in [5, 5.41) is 3.22. The molecule has 0 aliphatic carbocycles. The maximum atomic E-state index is 12.9. The first-order valence-electron chi connectivity index (χ1n) is 9.39. The molecule has 1 N–H and O–H groups in total. The number of hydrogen-bond donors (Lipinski definition) is 1. The summed E-state index contributed by atoms with van der Waals surface area (Å²) in [5.41, 5.74) is 2.45. The number of rotatable bonds is 3. The first-order chi connectivity index (χ1) is 12.1. The molecule has 3 rings (SSSR count). The molecule has 1 atom stereocenters.